The molecule has 4 rings (SSSR count). The van der Waals surface area contributed by atoms with Gasteiger partial charge in [0.2, 0.25) is 5.43 Å². The van der Waals surface area contributed by atoms with Gasteiger partial charge < -0.3 is 14.6 Å². The molecule has 1 aliphatic heterocycles. The normalized spacial score (nSPS) is 13.2. The highest BCUT2D eigenvalue weighted by Gasteiger charge is 2.27. The van der Waals surface area contributed by atoms with Gasteiger partial charge in [-0.1, -0.05) is 61.2 Å². The van der Waals surface area contributed by atoms with Gasteiger partial charge in [0.15, 0.2) is 11.4 Å². The SMILES string of the molecule is CC/C=C(\Cc1ccc(F)cc1F)SC(=N)c1cn2c(c(OCc3ccccc3)c1=O)C(=O)NCC2. The molecule has 1 aromatic heterocycles. The molecule has 2 aromatic carbocycles. The van der Waals surface area contributed by atoms with Crippen molar-refractivity contribution < 1.29 is 18.3 Å². The second-order valence-corrected chi connectivity index (χ2v) is 9.33. The predicted molar refractivity (Wildman–Crippen MR) is 137 cm³/mol. The number of ether oxygens (including phenoxy) is 1. The van der Waals surface area contributed by atoms with Crippen LogP contribution in [-0.4, -0.2) is 22.1 Å². The van der Waals surface area contributed by atoms with Crippen LogP contribution in [0.1, 0.15) is 40.5 Å². The highest BCUT2D eigenvalue weighted by Crippen LogP contribution is 2.28. The zero-order valence-electron chi connectivity index (χ0n) is 19.6. The molecule has 6 nitrogen and oxygen atoms in total. The first-order valence-electron chi connectivity index (χ1n) is 11.5. The van der Waals surface area contributed by atoms with Crippen molar-refractivity contribution in [3.63, 3.8) is 0 Å². The molecular formula is C27H25F2N3O3S. The number of amides is 1. The van der Waals surface area contributed by atoms with E-state index in [1.807, 2.05) is 43.3 Å². The average Bonchev–Trinajstić information content (AvgIpc) is 2.86. The van der Waals surface area contributed by atoms with Crippen LogP contribution in [0.4, 0.5) is 8.78 Å². The van der Waals surface area contributed by atoms with E-state index in [0.29, 0.717) is 30.0 Å². The maximum atomic E-state index is 14.2. The fourth-order valence-corrected chi connectivity index (χ4v) is 4.86. The molecule has 2 N–H and O–H groups in total. The Morgan fingerprint density at radius 1 is 1.19 bits per heavy atom. The summed E-state index contributed by atoms with van der Waals surface area (Å²) in [6, 6.07) is 12.7. The maximum absolute atomic E-state index is 14.2. The molecule has 0 spiro atoms. The summed E-state index contributed by atoms with van der Waals surface area (Å²) < 4.78 is 35.0. The molecule has 0 atom stereocenters. The van der Waals surface area contributed by atoms with Gasteiger partial charge in [-0.05, 0) is 28.5 Å². The number of hydrogen-bond acceptors (Lipinski definition) is 5. The van der Waals surface area contributed by atoms with Crippen LogP contribution in [0.25, 0.3) is 0 Å². The van der Waals surface area contributed by atoms with Crippen LogP contribution < -0.4 is 15.5 Å². The summed E-state index contributed by atoms with van der Waals surface area (Å²) in [6.07, 6.45) is 4.13. The molecule has 0 radical (unpaired) electrons. The number of pyridine rings is 1. The van der Waals surface area contributed by atoms with Gasteiger partial charge in [-0.3, -0.25) is 15.0 Å². The number of thioether (sulfide) groups is 1. The van der Waals surface area contributed by atoms with Gasteiger partial charge in [0.05, 0.1) is 5.56 Å². The molecule has 0 bridgehead atoms. The Balaban J connectivity index is 1.65. The standard InChI is InChI=1S/C27H25F2N3O3S/c1-2-6-20(13-18-9-10-19(28)14-22(18)29)36-26(30)21-15-32-12-11-31-27(34)23(32)25(24(21)33)35-16-17-7-4-3-5-8-17/h3-10,14-15,30H,2,11-13,16H2,1H3,(H,31,34)/b20-6+,30-26?. The van der Waals surface area contributed by atoms with Crippen molar-refractivity contribution in [1.29, 1.82) is 5.41 Å². The van der Waals surface area contributed by atoms with Crippen molar-refractivity contribution in [1.82, 2.24) is 9.88 Å². The van der Waals surface area contributed by atoms with Gasteiger partial charge in [-0.25, -0.2) is 8.78 Å². The summed E-state index contributed by atoms with van der Waals surface area (Å²) in [4.78, 5) is 26.7. The molecule has 0 aliphatic carbocycles. The summed E-state index contributed by atoms with van der Waals surface area (Å²) in [5, 5.41) is 11.4. The Hall–Kier alpha value is -3.72. The van der Waals surface area contributed by atoms with Crippen LogP contribution >= 0.6 is 11.8 Å². The van der Waals surface area contributed by atoms with Crippen molar-refractivity contribution in [2.75, 3.05) is 6.54 Å². The van der Waals surface area contributed by atoms with Gasteiger partial charge in [0, 0.05) is 31.8 Å². The first-order valence-corrected chi connectivity index (χ1v) is 12.3. The van der Waals surface area contributed by atoms with E-state index in [9.17, 15) is 18.4 Å². The van der Waals surface area contributed by atoms with Gasteiger partial charge in [-0.15, -0.1) is 0 Å². The number of halogens is 2. The number of rotatable bonds is 8. The summed E-state index contributed by atoms with van der Waals surface area (Å²) in [7, 11) is 0. The third-order valence-electron chi connectivity index (χ3n) is 5.61. The number of benzene rings is 2. The number of aromatic nitrogens is 1. The highest BCUT2D eigenvalue weighted by molar-refractivity contribution is 8.17. The van der Waals surface area contributed by atoms with Crippen molar-refractivity contribution in [2.45, 2.75) is 32.9 Å². The van der Waals surface area contributed by atoms with Crippen LogP contribution in [0, 0.1) is 17.0 Å². The Morgan fingerprint density at radius 2 is 1.97 bits per heavy atom. The molecule has 1 aliphatic rings. The molecule has 3 aromatic rings. The largest absolute Gasteiger partial charge is 0.483 e. The monoisotopic (exact) mass is 509 g/mol. The summed E-state index contributed by atoms with van der Waals surface area (Å²) in [5.41, 5.74) is 0.776. The zero-order valence-corrected chi connectivity index (χ0v) is 20.5. The fraction of sp³-hybridized carbons (Fsp3) is 0.222. The number of carbonyl (C=O) groups excluding carboxylic acids is 1. The van der Waals surface area contributed by atoms with Gasteiger partial charge in [0.25, 0.3) is 5.91 Å². The molecule has 9 heteroatoms. The number of fused-ring (bicyclic) bond motifs is 1. The number of nitrogens with zero attached hydrogens (tertiary/aromatic N) is 1. The molecule has 1 amide bonds. The maximum Gasteiger partial charge on any atom is 0.272 e. The van der Waals surface area contributed by atoms with E-state index in [-0.39, 0.29) is 35.1 Å². The fourth-order valence-electron chi connectivity index (χ4n) is 3.86. The zero-order chi connectivity index (χ0) is 25.7. The summed E-state index contributed by atoms with van der Waals surface area (Å²) in [6.45, 7) is 2.81. The molecular weight excluding hydrogens is 484 g/mol. The van der Waals surface area contributed by atoms with Gasteiger partial charge in [-0.2, -0.15) is 0 Å². The van der Waals surface area contributed by atoms with Gasteiger partial charge >= 0.3 is 0 Å². The minimum Gasteiger partial charge on any atom is -0.483 e. The van der Waals surface area contributed by atoms with Crippen LogP contribution in [0.2, 0.25) is 0 Å². The Bertz CT molecular complexity index is 1390. The minimum atomic E-state index is -0.666. The van der Waals surface area contributed by atoms with Crippen molar-refractivity contribution in [3.05, 3.63) is 110 Å². The lowest BCUT2D eigenvalue weighted by atomic mass is 10.1. The molecule has 36 heavy (non-hydrogen) atoms. The van der Waals surface area contributed by atoms with Crippen LogP contribution in [0.15, 0.2) is 70.5 Å². The van der Waals surface area contributed by atoms with E-state index < -0.39 is 23.0 Å². The lowest BCUT2D eigenvalue weighted by molar-refractivity contribution is 0.0919. The number of carbonyl (C=O) groups is 1. The Kier molecular flexibility index (Phi) is 8.00. The lowest BCUT2D eigenvalue weighted by Gasteiger charge is -2.23. The Labute approximate surface area is 211 Å². The molecule has 0 saturated carbocycles. The van der Waals surface area contributed by atoms with Crippen molar-refractivity contribution in [2.24, 2.45) is 0 Å². The Morgan fingerprint density at radius 3 is 2.69 bits per heavy atom. The number of nitrogens with one attached hydrogen (secondary N) is 2. The average molecular weight is 510 g/mol. The first-order chi connectivity index (χ1) is 17.4. The predicted octanol–water partition coefficient (Wildman–Crippen LogP) is 5.04. The van der Waals surface area contributed by atoms with E-state index >= 15 is 0 Å². The lowest BCUT2D eigenvalue weighted by Crippen LogP contribution is -2.39. The number of hydrogen-bond donors (Lipinski definition) is 2. The van der Waals surface area contributed by atoms with Crippen LogP contribution in [0.3, 0.4) is 0 Å². The minimum absolute atomic E-state index is 0.0481. The molecule has 0 fully saturated rings. The quantitative estimate of drug-likeness (QED) is 0.329. The van der Waals surface area contributed by atoms with E-state index in [0.717, 1.165) is 23.4 Å². The third kappa shape index (κ3) is 5.73. The van der Waals surface area contributed by atoms with Crippen molar-refractivity contribution in [3.8, 4) is 5.75 Å². The molecule has 0 unspecified atom stereocenters. The topological polar surface area (TPSA) is 84.2 Å². The van der Waals surface area contributed by atoms with E-state index in [1.54, 1.807) is 4.57 Å². The van der Waals surface area contributed by atoms with Gasteiger partial charge in [0.1, 0.15) is 23.3 Å². The van der Waals surface area contributed by atoms with E-state index in [4.69, 9.17) is 10.1 Å². The van der Waals surface area contributed by atoms with E-state index in [2.05, 4.69) is 5.32 Å². The van der Waals surface area contributed by atoms with Crippen molar-refractivity contribution >= 4 is 22.7 Å². The number of allylic oxidation sites excluding steroid dienone is 2. The smallest absolute Gasteiger partial charge is 0.272 e. The second kappa shape index (κ2) is 11.3. The van der Waals surface area contributed by atoms with E-state index in [1.165, 1.54) is 18.3 Å². The highest BCUT2D eigenvalue weighted by atomic mass is 32.2. The summed E-state index contributed by atoms with van der Waals surface area (Å²) >= 11 is 1.03. The molecule has 0 saturated heterocycles. The first kappa shape index (κ1) is 25.4. The molecule has 186 valence electrons. The molecule has 2 heterocycles. The van der Waals surface area contributed by atoms with Crippen LogP contribution in [0.5, 0.6) is 5.75 Å². The van der Waals surface area contributed by atoms with Crippen LogP contribution in [-0.2, 0) is 19.6 Å². The summed E-state index contributed by atoms with van der Waals surface area (Å²) in [5.74, 6) is -1.84. The third-order valence-corrected chi connectivity index (χ3v) is 6.60. The second-order valence-electron chi connectivity index (χ2n) is 8.20.